The number of carbonyl (C=O) groups is 1. The molecule has 0 aromatic heterocycles. The van der Waals surface area contributed by atoms with Gasteiger partial charge >= 0.3 is 6.03 Å². The van der Waals surface area contributed by atoms with Crippen LogP contribution in [0.3, 0.4) is 0 Å². The maximum Gasteiger partial charge on any atom is 0.328 e. The predicted molar refractivity (Wildman–Crippen MR) is 141 cm³/mol. The standard InChI is InChI=1S/C28H25N3O4S/c1-20-12-18-24(19-13-20)36(33,34)31-26-11-7-6-10-25(26)30(28(32)29-22-8-4-3-5-9-22)27(31)21-14-16-23(35-2)17-15-21/h3-19,27H,1-2H3,(H,29,32). The monoisotopic (exact) mass is 499 g/mol. The summed E-state index contributed by atoms with van der Waals surface area (Å²) in [5.41, 5.74) is 3.08. The summed E-state index contributed by atoms with van der Waals surface area (Å²) in [4.78, 5) is 15.3. The second kappa shape index (κ2) is 9.39. The van der Waals surface area contributed by atoms with Gasteiger partial charge in [-0.15, -0.1) is 0 Å². The van der Waals surface area contributed by atoms with Gasteiger partial charge in [-0.3, -0.25) is 4.90 Å². The average molecular weight is 500 g/mol. The van der Waals surface area contributed by atoms with Gasteiger partial charge in [0.15, 0.2) is 6.17 Å². The Morgan fingerprint density at radius 3 is 2.06 bits per heavy atom. The topological polar surface area (TPSA) is 79.0 Å². The van der Waals surface area contributed by atoms with Crippen molar-refractivity contribution in [2.45, 2.75) is 18.0 Å². The number of ether oxygens (including phenoxy) is 1. The molecule has 1 aliphatic rings. The average Bonchev–Trinajstić information content (AvgIpc) is 3.26. The first-order chi connectivity index (χ1) is 17.4. The summed E-state index contributed by atoms with van der Waals surface area (Å²) in [6.07, 6.45) is -0.955. The number of amides is 2. The van der Waals surface area contributed by atoms with E-state index in [1.807, 2.05) is 25.1 Å². The van der Waals surface area contributed by atoms with Crippen molar-refractivity contribution >= 4 is 33.1 Å². The lowest BCUT2D eigenvalue weighted by Gasteiger charge is -2.31. The molecule has 8 heteroatoms. The third kappa shape index (κ3) is 4.16. The van der Waals surface area contributed by atoms with E-state index < -0.39 is 22.2 Å². The highest BCUT2D eigenvalue weighted by molar-refractivity contribution is 7.92. The quantitative estimate of drug-likeness (QED) is 0.368. The van der Waals surface area contributed by atoms with Crippen molar-refractivity contribution in [3.63, 3.8) is 0 Å². The minimum Gasteiger partial charge on any atom is -0.497 e. The Morgan fingerprint density at radius 1 is 0.806 bits per heavy atom. The van der Waals surface area contributed by atoms with Gasteiger partial charge in [-0.05, 0) is 61.0 Å². The largest absolute Gasteiger partial charge is 0.497 e. The van der Waals surface area contributed by atoms with Gasteiger partial charge in [0, 0.05) is 5.69 Å². The molecule has 2 amide bonds. The van der Waals surface area contributed by atoms with Gasteiger partial charge in [0.2, 0.25) is 0 Å². The van der Waals surface area contributed by atoms with Crippen molar-refractivity contribution in [3.05, 3.63) is 114 Å². The fourth-order valence-electron chi connectivity index (χ4n) is 4.29. The van der Waals surface area contributed by atoms with E-state index in [0.29, 0.717) is 28.4 Å². The lowest BCUT2D eigenvalue weighted by atomic mass is 10.1. The van der Waals surface area contributed by atoms with Crippen molar-refractivity contribution in [1.82, 2.24) is 0 Å². The zero-order valence-electron chi connectivity index (χ0n) is 19.8. The molecule has 36 heavy (non-hydrogen) atoms. The zero-order valence-corrected chi connectivity index (χ0v) is 20.6. The van der Waals surface area contributed by atoms with Crippen LogP contribution >= 0.6 is 0 Å². The molecule has 0 spiro atoms. The van der Waals surface area contributed by atoms with Crippen molar-refractivity contribution in [2.75, 3.05) is 21.6 Å². The Morgan fingerprint density at radius 2 is 1.42 bits per heavy atom. The van der Waals surface area contributed by atoms with Crippen molar-refractivity contribution in [1.29, 1.82) is 0 Å². The molecule has 7 nitrogen and oxygen atoms in total. The van der Waals surface area contributed by atoms with E-state index in [1.165, 1.54) is 9.21 Å². The van der Waals surface area contributed by atoms with Crippen LogP contribution in [0.5, 0.6) is 5.75 Å². The molecule has 4 aromatic carbocycles. The third-order valence-electron chi connectivity index (χ3n) is 6.08. The lowest BCUT2D eigenvalue weighted by molar-refractivity contribution is 0.255. The van der Waals surface area contributed by atoms with E-state index in [-0.39, 0.29) is 4.90 Å². The fourth-order valence-corrected chi connectivity index (χ4v) is 5.89. The zero-order chi connectivity index (χ0) is 25.3. The lowest BCUT2D eigenvalue weighted by Crippen LogP contribution is -2.43. The smallest absolute Gasteiger partial charge is 0.328 e. The van der Waals surface area contributed by atoms with E-state index in [9.17, 15) is 13.2 Å². The highest BCUT2D eigenvalue weighted by atomic mass is 32.2. The number of hydrogen-bond acceptors (Lipinski definition) is 4. The first-order valence-electron chi connectivity index (χ1n) is 11.4. The summed E-state index contributed by atoms with van der Waals surface area (Å²) in [5.74, 6) is 0.627. The second-order valence-corrected chi connectivity index (χ2v) is 10.2. The maximum atomic E-state index is 14.1. The molecule has 0 saturated heterocycles. The number of aryl methyl sites for hydroxylation is 1. The van der Waals surface area contributed by atoms with Gasteiger partial charge in [0.25, 0.3) is 10.0 Å². The molecule has 1 heterocycles. The number of anilines is 3. The number of methoxy groups -OCH3 is 1. The minimum atomic E-state index is -4.04. The molecule has 182 valence electrons. The van der Waals surface area contributed by atoms with E-state index in [4.69, 9.17) is 4.74 Å². The van der Waals surface area contributed by atoms with Crippen molar-refractivity contribution in [3.8, 4) is 5.75 Å². The summed E-state index contributed by atoms with van der Waals surface area (Å²) in [6.45, 7) is 1.90. The number of carbonyl (C=O) groups excluding carboxylic acids is 1. The van der Waals surface area contributed by atoms with E-state index in [1.54, 1.807) is 92.0 Å². The van der Waals surface area contributed by atoms with Crippen LogP contribution in [0.15, 0.2) is 108 Å². The van der Waals surface area contributed by atoms with Crippen LogP contribution in [0, 0.1) is 6.92 Å². The SMILES string of the molecule is COc1ccc(C2N(C(=O)Nc3ccccc3)c3ccccc3N2S(=O)(=O)c2ccc(C)cc2)cc1. The summed E-state index contributed by atoms with van der Waals surface area (Å²) >= 11 is 0. The van der Waals surface area contributed by atoms with E-state index >= 15 is 0 Å². The number of rotatable bonds is 5. The number of nitrogens with one attached hydrogen (secondary N) is 1. The first kappa shape index (κ1) is 23.4. The third-order valence-corrected chi connectivity index (χ3v) is 7.86. The molecule has 0 bridgehead atoms. The van der Waals surface area contributed by atoms with Crippen molar-refractivity contribution < 1.29 is 17.9 Å². The van der Waals surface area contributed by atoms with Gasteiger partial charge in [0.1, 0.15) is 5.75 Å². The Balaban J connectivity index is 1.68. The van der Waals surface area contributed by atoms with Crippen LogP contribution in [0.1, 0.15) is 17.3 Å². The Kier molecular flexibility index (Phi) is 6.12. The molecule has 1 aliphatic heterocycles. The highest BCUT2D eigenvalue weighted by Crippen LogP contribution is 2.49. The van der Waals surface area contributed by atoms with E-state index in [0.717, 1.165) is 5.56 Å². The molecule has 4 aromatic rings. The molecule has 0 saturated carbocycles. The van der Waals surface area contributed by atoms with Gasteiger partial charge in [-0.25, -0.2) is 17.5 Å². The minimum absolute atomic E-state index is 0.145. The molecule has 0 fully saturated rings. The molecule has 0 radical (unpaired) electrons. The number of hydrogen-bond donors (Lipinski definition) is 1. The Labute approximate surface area is 210 Å². The first-order valence-corrected chi connectivity index (χ1v) is 12.8. The number of benzene rings is 4. The van der Waals surface area contributed by atoms with Crippen LogP contribution in [0.2, 0.25) is 0 Å². The molecule has 1 N–H and O–H groups in total. The number of fused-ring (bicyclic) bond motifs is 1. The van der Waals surface area contributed by atoms with Gasteiger partial charge < -0.3 is 10.1 Å². The second-order valence-electron chi connectivity index (χ2n) is 8.42. The summed E-state index contributed by atoms with van der Waals surface area (Å²) in [6, 6.07) is 29.4. The summed E-state index contributed by atoms with van der Waals surface area (Å²) < 4.78 is 34.8. The van der Waals surface area contributed by atoms with Crippen LogP contribution < -0.4 is 19.3 Å². The van der Waals surface area contributed by atoms with Crippen LogP contribution in [-0.2, 0) is 10.0 Å². The van der Waals surface area contributed by atoms with E-state index in [2.05, 4.69) is 5.32 Å². The van der Waals surface area contributed by atoms with Crippen LogP contribution in [0.4, 0.5) is 21.9 Å². The fraction of sp³-hybridized carbons (Fsp3) is 0.107. The highest BCUT2D eigenvalue weighted by Gasteiger charge is 2.46. The molecular weight excluding hydrogens is 474 g/mol. The molecular formula is C28H25N3O4S. The molecule has 5 rings (SSSR count). The normalized spacial score (nSPS) is 14.9. The number of para-hydroxylation sites is 3. The maximum absolute atomic E-state index is 14.1. The summed E-state index contributed by atoms with van der Waals surface area (Å²) in [7, 11) is -2.48. The van der Waals surface area contributed by atoms with Gasteiger partial charge in [-0.2, -0.15) is 0 Å². The number of sulfonamides is 1. The molecule has 0 aliphatic carbocycles. The predicted octanol–water partition coefficient (Wildman–Crippen LogP) is 5.95. The van der Waals surface area contributed by atoms with Gasteiger partial charge in [-0.1, -0.05) is 60.2 Å². The van der Waals surface area contributed by atoms with Crippen LogP contribution in [0.25, 0.3) is 0 Å². The Hall–Kier alpha value is -4.30. The van der Waals surface area contributed by atoms with Crippen LogP contribution in [-0.4, -0.2) is 21.6 Å². The Bertz CT molecular complexity index is 1490. The van der Waals surface area contributed by atoms with Gasteiger partial charge in [0.05, 0.1) is 23.4 Å². The molecule has 1 atom stereocenters. The van der Waals surface area contributed by atoms with Crippen molar-refractivity contribution in [2.24, 2.45) is 0 Å². The number of urea groups is 1. The summed E-state index contributed by atoms with van der Waals surface area (Å²) in [5, 5.41) is 2.91. The molecule has 1 unspecified atom stereocenters. The number of nitrogens with zero attached hydrogens (tertiary/aromatic N) is 2.